The van der Waals surface area contributed by atoms with E-state index in [1.54, 1.807) is 18.4 Å². The lowest BCUT2D eigenvalue weighted by Gasteiger charge is -2.05. The van der Waals surface area contributed by atoms with E-state index < -0.39 is 17.9 Å². The van der Waals surface area contributed by atoms with Gasteiger partial charge >= 0.3 is 11.9 Å². The zero-order valence-corrected chi connectivity index (χ0v) is 7.67. The van der Waals surface area contributed by atoms with Crippen molar-refractivity contribution < 1.29 is 19.8 Å². The SMILES string of the molecule is Cc1ccsc1C(C(=O)O)C(=O)O. The first kappa shape index (κ1) is 9.73. The lowest BCUT2D eigenvalue weighted by atomic mass is 10.1. The predicted molar refractivity (Wildman–Crippen MR) is 47.1 cm³/mol. The van der Waals surface area contributed by atoms with Gasteiger partial charge in [-0.25, -0.2) is 0 Å². The third-order valence-electron chi connectivity index (χ3n) is 1.66. The van der Waals surface area contributed by atoms with Crippen molar-refractivity contribution in [3.8, 4) is 0 Å². The molecule has 0 spiro atoms. The van der Waals surface area contributed by atoms with Crippen LogP contribution in [0.2, 0.25) is 0 Å². The van der Waals surface area contributed by atoms with E-state index in [4.69, 9.17) is 10.2 Å². The Hall–Kier alpha value is -1.36. The molecule has 0 aliphatic carbocycles. The van der Waals surface area contributed by atoms with Gasteiger partial charge in [-0.2, -0.15) is 0 Å². The van der Waals surface area contributed by atoms with Crippen molar-refractivity contribution in [1.82, 2.24) is 0 Å². The van der Waals surface area contributed by atoms with Crippen LogP contribution < -0.4 is 0 Å². The molecule has 5 heteroatoms. The molecule has 1 aromatic rings. The first-order chi connectivity index (χ1) is 6.04. The first-order valence-electron chi connectivity index (χ1n) is 3.53. The van der Waals surface area contributed by atoms with E-state index in [1.807, 2.05) is 0 Å². The largest absolute Gasteiger partial charge is 0.480 e. The highest BCUT2D eigenvalue weighted by atomic mass is 32.1. The van der Waals surface area contributed by atoms with Gasteiger partial charge in [0.15, 0.2) is 5.92 Å². The molecule has 1 heterocycles. The maximum Gasteiger partial charge on any atom is 0.323 e. The molecule has 0 radical (unpaired) electrons. The van der Waals surface area contributed by atoms with Crippen LogP contribution in [0.4, 0.5) is 0 Å². The third kappa shape index (κ3) is 1.86. The summed E-state index contributed by atoms with van der Waals surface area (Å²) in [5, 5.41) is 19.0. The number of hydrogen-bond donors (Lipinski definition) is 2. The van der Waals surface area contributed by atoms with Gasteiger partial charge in [0.25, 0.3) is 0 Å². The molecule has 70 valence electrons. The summed E-state index contributed by atoms with van der Waals surface area (Å²) in [5.41, 5.74) is 0.708. The minimum absolute atomic E-state index is 0.389. The molecule has 0 fully saturated rings. The Bertz CT molecular complexity index is 328. The Morgan fingerprint density at radius 2 is 1.92 bits per heavy atom. The second-order valence-electron chi connectivity index (χ2n) is 2.58. The van der Waals surface area contributed by atoms with Crippen LogP contribution in [0.25, 0.3) is 0 Å². The first-order valence-corrected chi connectivity index (χ1v) is 4.41. The van der Waals surface area contributed by atoms with Crippen molar-refractivity contribution >= 4 is 23.3 Å². The van der Waals surface area contributed by atoms with E-state index >= 15 is 0 Å². The number of carboxylic acids is 2. The molecule has 0 unspecified atom stereocenters. The standard InChI is InChI=1S/C8H8O4S/c1-4-2-3-13-6(4)5(7(9)10)8(11)12/h2-3,5H,1H3,(H,9,10)(H,11,12). The number of rotatable bonds is 3. The zero-order valence-electron chi connectivity index (χ0n) is 6.85. The molecule has 0 saturated heterocycles. The van der Waals surface area contributed by atoms with Crippen LogP contribution in [0.3, 0.4) is 0 Å². The average Bonchev–Trinajstić information content (AvgIpc) is 2.35. The van der Waals surface area contributed by atoms with Crippen molar-refractivity contribution in [1.29, 1.82) is 0 Å². The van der Waals surface area contributed by atoms with Crippen molar-refractivity contribution in [3.63, 3.8) is 0 Å². The van der Waals surface area contributed by atoms with Crippen LogP contribution in [-0.4, -0.2) is 22.2 Å². The highest BCUT2D eigenvalue weighted by molar-refractivity contribution is 7.10. The minimum atomic E-state index is -1.43. The highest BCUT2D eigenvalue weighted by Crippen LogP contribution is 2.26. The smallest absolute Gasteiger partial charge is 0.323 e. The summed E-state index contributed by atoms with van der Waals surface area (Å²) in [4.78, 5) is 21.6. The van der Waals surface area contributed by atoms with Crippen LogP contribution in [0.5, 0.6) is 0 Å². The monoisotopic (exact) mass is 200 g/mol. The number of aryl methyl sites for hydroxylation is 1. The molecule has 0 atom stereocenters. The Morgan fingerprint density at radius 1 is 1.38 bits per heavy atom. The normalized spacial score (nSPS) is 10.3. The van der Waals surface area contributed by atoms with Crippen LogP contribution in [-0.2, 0) is 9.59 Å². The van der Waals surface area contributed by atoms with E-state index in [2.05, 4.69) is 0 Å². The summed E-state index contributed by atoms with van der Waals surface area (Å²) in [5.74, 6) is -4.07. The van der Waals surface area contributed by atoms with Crippen LogP contribution >= 0.6 is 11.3 Å². The number of aliphatic carboxylic acids is 2. The number of hydrogen-bond acceptors (Lipinski definition) is 3. The molecule has 0 aliphatic rings. The van der Waals surface area contributed by atoms with Crippen LogP contribution in [0.15, 0.2) is 11.4 Å². The van der Waals surface area contributed by atoms with Gasteiger partial charge in [0.1, 0.15) is 0 Å². The molecular weight excluding hydrogens is 192 g/mol. The molecule has 0 bridgehead atoms. The van der Waals surface area contributed by atoms with Crippen LogP contribution in [0, 0.1) is 6.92 Å². The topological polar surface area (TPSA) is 74.6 Å². The van der Waals surface area contributed by atoms with Gasteiger partial charge in [-0.15, -0.1) is 11.3 Å². The number of carboxylic acid groups (broad SMARTS) is 2. The molecule has 1 rings (SSSR count). The van der Waals surface area contributed by atoms with Gasteiger partial charge in [-0.1, -0.05) is 0 Å². The van der Waals surface area contributed by atoms with Crippen molar-refractivity contribution in [2.45, 2.75) is 12.8 Å². The molecule has 0 aromatic carbocycles. The van der Waals surface area contributed by atoms with Gasteiger partial charge < -0.3 is 10.2 Å². The molecule has 0 amide bonds. The fourth-order valence-electron chi connectivity index (χ4n) is 1.01. The number of carbonyl (C=O) groups is 2. The van der Waals surface area contributed by atoms with E-state index in [9.17, 15) is 9.59 Å². The molecule has 2 N–H and O–H groups in total. The van der Waals surface area contributed by atoms with Crippen LogP contribution in [0.1, 0.15) is 16.4 Å². The minimum Gasteiger partial charge on any atom is -0.480 e. The zero-order chi connectivity index (χ0) is 10.0. The van der Waals surface area contributed by atoms with Crippen molar-refractivity contribution in [2.24, 2.45) is 0 Å². The summed E-state index contributed by atoms with van der Waals surface area (Å²) < 4.78 is 0. The third-order valence-corrected chi connectivity index (χ3v) is 2.74. The maximum absolute atomic E-state index is 10.6. The van der Waals surface area contributed by atoms with Crippen molar-refractivity contribution in [3.05, 3.63) is 21.9 Å². The molecule has 1 aromatic heterocycles. The fourth-order valence-corrected chi connectivity index (χ4v) is 2.02. The second-order valence-corrected chi connectivity index (χ2v) is 3.53. The Balaban J connectivity index is 3.09. The quantitative estimate of drug-likeness (QED) is 0.721. The Kier molecular flexibility index (Phi) is 2.67. The highest BCUT2D eigenvalue weighted by Gasteiger charge is 2.30. The summed E-state index contributed by atoms with van der Waals surface area (Å²) in [7, 11) is 0. The Morgan fingerprint density at radius 3 is 2.23 bits per heavy atom. The summed E-state index contributed by atoms with van der Waals surface area (Å²) in [6, 6.07) is 1.71. The van der Waals surface area contributed by atoms with Gasteiger partial charge in [-0.3, -0.25) is 9.59 Å². The second kappa shape index (κ2) is 3.57. The maximum atomic E-state index is 10.6. The molecule has 4 nitrogen and oxygen atoms in total. The van der Waals surface area contributed by atoms with Gasteiger partial charge in [0, 0.05) is 4.88 Å². The number of thiophene rings is 1. The summed E-state index contributed by atoms with van der Waals surface area (Å²) in [6.45, 7) is 1.70. The van der Waals surface area contributed by atoms with E-state index in [0.717, 1.165) is 11.3 Å². The lowest BCUT2D eigenvalue weighted by molar-refractivity contribution is -0.149. The average molecular weight is 200 g/mol. The lowest BCUT2D eigenvalue weighted by Crippen LogP contribution is -2.20. The van der Waals surface area contributed by atoms with Gasteiger partial charge in [-0.05, 0) is 23.9 Å². The molecule has 0 aliphatic heterocycles. The van der Waals surface area contributed by atoms with E-state index in [-0.39, 0.29) is 0 Å². The molecule has 13 heavy (non-hydrogen) atoms. The molecule has 0 saturated carbocycles. The summed E-state index contributed by atoms with van der Waals surface area (Å²) in [6.07, 6.45) is 0. The fraction of sp³-hybridized carbons (Fsp3) is 0.250. The van der Waals surface area contributed by atoms with Gasteiger partial charge in [0.2, 0.25) is 0 Å². The predicted octanol–water partition coefficient (Wildman–Crippen LogP) is 1.31. The van der Waals surface area contributed by atoms with E-state index in [0.29, 0.717) is 10.4 Å². The molecular formula is C8H8O4S. The van der Waals surface area contributed by atoms with Crippen molar-refractivity contribution in [2.75, 3.05) is 0 Å². The van der Waals surface area contributed by atoms with E-state index in [1.165, 1.54) is 0 Å². The van der Waals surface area contributed by atoms with Gasteiger partial charge in [0.05, 0.1) is 0 Å². The Labute approximate surface area is 78.4 Å². The summed E-state index contributed by atoms with van der Waals surface area (Å²) >= 11 is 1.15.